The van der Waals surface area contributed by atoms with E-state index in [1.165, 1.54) is 33.5 Å². The van der Waals surface area contributed by atoms with Crippen molar-refractivity contribution in [1.82, 2.24) is 0 Å². The Balaban J connectivity index is 2.12. The molecule has 0 amide bonds. The van der Waals surface area contributed by atoms with Gasteiger partial charge in [0.05, 0.1) is 21.3 Å². The summed E-state index contributed by atoms with van der Waals surface area (Å²) in [5, 5.41) is 0. The van der Waals surface area contributed by atoms with E-state index in [0.29, 0.717) is 0 Å². The first kappa shape index (κ1) is 18.3. The number of hydrogen-bond acceptors (Lipinski definition) is 6. The second-order valence-corrected chi connectivity index (χ2v) is 4.89. The number of ether oxygens (including phenoxy) is 4. The topological polar surface area (TPSA) is 71.1 Å². The minimum absolute atomic E-state index is 0.0207. The number of ketones is 1. The van der Waals surface area contributed by atoms with Crippen molar-refractivity contribution in [1.29, 1.82) is 0 Å². The van der Waals surface area contributed by atoms with Crippen LogP contribution in [0.25, 0.3) is 0 Å². The Morgan fingerprint density at radius 1 is 0.920 bits per heavy atom. The van der Waals surface area contributed by atoms with Gasteiger partial charge in [-0.1, -0.05) is 6.07 Å². The quantitative estimate of drug-likeness (QED) is 0.566. The van der Waals surface area contributed by atoms with Crippen molar-refractivity contribution in [3.8, 4) is 17.2 Å². The number of carbonyl (C=O) groups is 2. The summed E-state index contributed by atoms with van der Waals surface area (Å²) in [6.45, 7) is -0.550. The Kier molecular flexibility index (Phi) is 5.94. The van der Waals surface area contributed by atoms with E-state index in [2.05, 4.69) is 0 Å². The molecule has 0 bridgehead atoms. The molecule has 0 saturated heterocycles. The van der Waals surface area contributed by atoms with Crippen molar-refractivity contribution in [2.75, 3.05) is 27.9 Å². The standard InChI is InChI=1S/C18H17FO6/c1-22-14-8-7-11(9-12(14)19)13(20)10-25-18(21)17-15(23-2)5-4-6-16(17)24-3/h4-9H,10H2,1-3H3. The maximum absolute atomic E-state index is 13.7. The Morgan fingerprint density at radius 3 is 2.04 bits per heavy atom. The van der Waals surface area contributed by atoms with Crippen molar-refractivity contribution in [2.24, 2.45) is 0 Å². The van der Waals surface area contributed by atoms with E-state index in [1.54, 1.807) is 18.2 Å². The lowest BCUT2D eigenvalue weighted by Crippen LogP contribution is -2.16. The van der Waals surface area contributed by atoms with Crippen LogP contribution in [0.1, 0.15) is 20.7 Å². The van der Waals surface area contributed by atoms with Crippen molar-refractivity contribution in [3.63, 3.8) is 0 Å². The highest BCUT2D eigenvalue weighted by Gasteiger charge is 2.21. The maximum atomic E-state index is 13.7. The van der Waals surface area contributed by atoms with Gasteiger partial charge in [-0.15, -0.1) is 0 Å². The van der Waals surface area contributed by atoms with Crippen LogP contribution in [0.3, 0.4) is 0 Å². The number of benzene rings is 2. The third kappa shape index (κ3) is 4.06. The highest BCUT2D eigenvalue weighted by Crippen LogP contribution is 2.29. The molecule has 0 aliphatic heterocycles. The molecule has 0 unspecified atom stereocenters. The van der Waals surface area contributed by atoms with Crippen LogP contribution in [0.5, 0.6) is 17.2 Å². The summed E-state index contributed by atoms with van der Waals surface area (Å²) in [5.74, 6) is -1.47. The van der Waals surface area contributed by atoms with Gasteiger partial charge in [0.1, 0.15) is 17.1 Å². The highest BCUT2D eigenvalue weighted by molar-refractivity contribution is 6.01. The molecule has 0 aliphatic rings. The van der Waals surface area contributed by atoms with Crippen molar-refractivity contribution < 1.29 is 32.9 Å². The van der Waals surface area contributed by atoms with Gasteiger partial charge in [0.25, 0.3) is 0 Å². The minimum atomic E-state index is -0.781. The summed E-state index contributed by atoms with van der Waals surface area (Å²) in [4.78, 5) is 24.4. The van der Waals surface area contributed by atoms with Gasteiger partial charge in [0, 0.05) is 5.56 Å². The highest BCUT2D eigenvalue weighted by atomic mass is 19.1. The van der Waals surface area contributed by atoms with Gasteiger partial charge in [-0.3, -0.25) is 4.79 Å². The Bertz CT molecular complexity index is 765. The SMILES string of the molecule is COc1ccc(C(=O)COC(=O)c2c(OC)cccc2OC)cc1F. The number of rotatable bonds is 7. The number of carbonyl (C=O) groups excluding carboxylic acids is 2. The molecule has 2 rings (SSSR count). The molecular formula is C18H17FO6. The van der Waals surface area contributed by atoms with Gasteiger partial charge < -0.3 is 18.9 Å². The van der Waals surface area contributed by atoms with Crippen LogP contribution in [0.15, 0.2) is 36.4 Å². The molecule has 0 aliphatic carbocycles. The number of esters is 1. The lowest BCUT2D eigenvalue weighted by atomic mass is 10.1. The van der Waals surface area contributed by atoms with Gasteiger partial charge in [-0.05, 0) is 30.3 Å². The number of hydrogen-bond donors (Lipinski definition) is 0. The predicted octanol–water partition coefficient (Wildman–Crippen LogP) is 2.89. The molecule has 25 heavy (non-hydrogen) atoms. The van der Waals surface area contributed by atoms with Crippen LogP contribution in [0, 0.1) is 5.82 Å². The van der Waals surface area contributed by atoms with E-state index in [-0.39, 0.29) is 28.4 Å². The third-order valence-electron chi connectivity index (χ3n) is 3.44. The maximum Gasteiger partial charge on any atom is 0.346 e. The predicted molar refractivity (Wildman–Crippen MR) is 87.1 cm³/mol. The van der Waals surface area contributed by atoms with Crippen LogP contribution in [0.4, 0.5) is 4.39 Å². The summed E-state index contributed by atoms with van der Waals surface area (Å²) in [5.41, 5.74) is 0.138. The number of methoxy groups -OCH3 is 3. The molecule has 7 heteroatoms. The molecule has 0 radical (unpaired) electrons. The second kappa shape index (κ2) is 8.14. The van der Waals surface area contributed by atoms with Gasteiger partial charge in [0.2, 0.25) is 0 Å². The Morgan fingerprint density at radius 2 is 1.52 bits per heavy atom. The second-order valence-electron chi connectivity index (χ2n) is 4.89. The molecule has 0 spiro atoms. The van der Waals surface area contributed by atoms with Gasteiger partial charge in [-0.25, -0.2) is 9.18 Å². The van der Waals surface area contributed by atoms with Crippen molar-refractivity contribution >= 4 is 11.8 Å². The fourth-order valence-electron chi connectivity index (χ4n) is 2.18. The molecule has 0 fully saturated rings. The number of halogens is 1. The Hall–Kier alpha value is -3.09. The monoisotopic (exact) mass is 348 g/mol. The third-order valence-corrected chi connectivity index (χ3v) is 3.44. The van der Waals surface area contributed by atoms with E-state index in [9.17, 15) is 14.0 Å². The smallest absolute Gasteiger partial charge is 0.346 e. The molecule has 2 aromatic rings. The van der Waals surface area contributed by atoms with E-state index in [1.807, 2.05) is 0 Å². The Labute approximate surface area is 144 Å². The molecule has 0 saturated carbocycles. The first-order chi connectivity index (χ1) is 12.0. The molecule has 0 N–H and O–H groups in total. The minimum Gasteiger partial charge on any atom is -0.496 e. The summed E-state index contributed by atoms with van der Waals surface area (Å²) in [7, 11) is 4.12. The van der Waals surface area contributed by atoms with E-state index in [0.717, 1.165) is 6.07 Å². The summed E-state index contributed by atoms with van der Waals surface area (Å²) < 4.78 is 33.7. The average Bonchev–Trinajstić information content (AvgIpc) is 2.64. The van der Waals surface area contributed by atoms with Gasteiger partial charge in [-0.2, -0.15) is 0 Å². The molecule has 0 heterocycles. The lowest BCUT2D eigenvalue weighted by molar-refractivity contribution is 0.0468. The average molecular weight is 348 g/mol. The fourth-order valence-corrected chi connectivity index (χ4v) is 2.18. The molecule has 6 nitrogen and oxygen atoms in total. The summed E-state index contributed by atoms with van der Waals surface area (Å²) >= 11 is 0. The van der Waals surface area contributed by atoms with E-state index < -0.39 is 24.2 Å². The van der Waals surface area contributed by atoms with E-state index >= 15 is 0 Å². The van der Waals surface area contributed by atoms with Crippen LogP contribution < -0.4 is 14.2 Å². The van der Waals surface area contributed by atoms with Gasteiger partial charge in [0.15, 0.2) is 24.0 Å². The molecule has 132 valence electrons. The zero-order chi connectivity index (χ0) is 18.4. The van der Waals surface area contributed by atoms with Crippen LogP contribution in [-0.4, -0.2) is 39.7 Å². The molecular weight excluding hydrogens is 331 g/mol. The van der Waals surface area contributed by atoms with Crippen LogP contribution in [-0.2, 0) is 4.74 Å². The van der Waals surface area contributed by atoms with Crippen LogP contribution >= 0.6 is 0 Å². The number of Topliss-reactive ketones (excluding diaryl/α,β-unsaturated/α-hetero) is 1. The zero-order valence-electron chi connectivity index (χ0n) is 14.0. The summed E-state index contributed by atoms with van der Waals surface area (Å²) in [6, 6.07) is 8.54. The summed E-state index contributed by atoms with van der Waals surface area (Å²) in [6.07, 6.45) is 0. The van der Waals surface area contributed by atoms with Crippen molar-refractivity contribution in [3.05, 3.63) is 53.3 Å². The van der Waals surface area contributed by atoms with Crippen molar-refractivity contribution in [2.45, 2.75) is 0 Å². The molecule has 0 aromatic heterocycles. The first-order valence-electron chi connectivity index (χ1n) is 7.26. The molecule has 2 aromatic carbocycles. The molecule has 0 atom stereocenters. The van der Waals surface area contributed by atoms with Gasteiger partial charge >= 0.3 is 5.97 Å². The normalized spacial score (nSPS) is 10.1. The largest absolute Gasteiger partial charge is 0.496 e. The lowest BCUT2D eigenvalue weighted by Gasteiger charge is -2.12. The first-order valence-corrected chi connectivity index (χ1v) is 7.26. The zero-order valence-corrected chi connectivity index (χ0v) is 14.0. The fraction of sp³-hybridized carbons (Fsp3) is 0.222. The van der Waals surface area contributed by atoms with Crippen LogP contribution in [0.2, 0.25) is 0 Å². The van der Waals surface area contributed by atoms with E-state index in [4.69, 9.17) is 18.9 Å².